The number of carbonyl (C=O) groups is 1. The highest BCUT2D eigenvalue weighted by molar-refractivity contribution is 6.04. The number of nitrogens with zero attached hydrogens (tertiary/aromatic N) is 3. The third-order valence-electron chi connectivity index (χ3n) is 4.98. The van der Waals surface area contributed by atoms with Gasteiger partial charge in [0.25, 0.3) is 0 Å². The number of methoxy groups -OCH3 is 1. The number of likely N-dealkylation sites (tertiary alicyclic amines) is 1. The molecule has 0 radical (unpaired) electrons. The average molecular weight is 365 g/mol. The topological polar surface area (TPSA) is 83.1 Å². The van der Waals surface area contributed by atoms with Crippen molar-refractivity contribution >= 4 is 23.0 Å². The van der Waals surface area contributed by atoms with Crippen LogP contribution in [-0.4, -0.2) is 59.4 Å². The van der Waals surface area contributed by atoms with E-state index in [4.69, 9.17) is 4.74 Å². The van der Waals surface area contributed by atoms with Gasteiger partial charge in [-0.25, -0.2) is 9.97 Å². The summed E-state index contributed by atoms with van der Waals surface area (Å²) in [4.78, 5) is 26.4. The lowest BCUT2D eigenvalue weighted by Crippen LogP contribution is -2.26. The largest absolute Gasteiger partial charge is 0.497 e. The molecule has 2 N–H and O–H groups in total. The molecule has 0 spiro atoms. The summed E-state index contributed by atoms with van der Waals surface area (Å²) in [7, 11) is 1.61. The predicted molar refractivity (Wildman–Crippen MR) is 105 cm³/mol. The van der Waals surface area contributed by atoms with Crippen LogP contribution >= 0.6 is 0 Å². The van der Waals surface area contributed by atoms with E-state index in [1.54, 1.807) is 13.3 Å². The lowest BCUT2D eigenvalue weighted by atomic mass is 10.1. The number of nitrogens with one attached hydrogen (secondary N) is 2. The number of hydrogen-bond acceptors (Lipinski definition) is 6. The summed E-state index contributed by atoms with van der Waals surface area (Å²) in [5.41, 5.74) is 2.01. The van der Waals surface area contributed by atoms with Gasteiger partial charge in [0.05, 0.1) is 18.4 Å². The Balaban J connectivity index is 1.58. The fraction of sp³-hybridized carbons (Fsp3) is 0.350. The van der Waals surface area contributed by atoms with Crippen LogP contribution < -0.4 is 10.1 Å². The number of aromatic nitrogens is 3. The number of ether oxygens (including phenoxy) is 1. The standard InChI is InChI=1S/C20H23N5O2/c1-27-14-4-5-17-15(12-14)16(13-26)19(23-17)20-22-7-6-18(24-20)21-8-11-25-9-2-3-10-25/h4-7,12-13,23H,2-3,8-11H2,1H3,(H,21,22,24). The van der Waals surface area contributed by atoms with E-state index in [2.05, 4.69) is 25.2 Å². The Labute approximate surface area is 157 Å². The van der Waals surface area contributed by atoms with Crippen LogP contribution in [0.3, 0.4) is 0 Å². The summed E-state index contributed by atoms with van der Waals surface area (Å²) < 4.78 is 5.27. The molecule has 7 heteroatoms. The Morgan fingerprint density at radius 2 is 2.15 bits per heavy atom. The van der Waals surface area contributed by atoms with Gasteiger partial charge in [-0.05, 0) is 50.2 Å². The molecule has 1 saturated heterocycles. The van der Waals surface area contributed by atoms with Crippen molar-refractivity contribution in [3.63, 3.8) is 0 Å². The van der Waals surface area contributed by atoms with E-state index in [1.807, 2.05) is 24.3 Å². The number of benzene rings is 1. The first-order valence-electron chi connectivity index (χ1n) is 9.23. The lowest BCUT2D eigenvalue weighted by Gasteiger charge is -2.15. The number of H-pyrrole nitrogens is 1. The zero-order valence-electron chi connectivity index (χ0n) is 15.4. The molecule has 0 bridgehead atoms. The maximum absolute atomic E-state index is 11.7. The van der Waals surface area contributed by atoms with Crippen LogP contribution in [0, 0.1) is 0 Å². The minimum absolute atomic E-state index is 0.499. The Hall–Kier alpha value is -2.93. The van der Waals surface area contributed by atoms with Crippen molar-refractivity contribution in [1.29, 1.82) is 0 Å². The summed E-state index contributed by atoms with van der Waals surface area (Å²) >= 11 is 0. The summed E-state index contributed by atoms with van der Waals surface area (Å²) in [6.45, 7) is 4.20. The minimum Gasteiger partial charge on any atom is -0.497 e. The molecule has 3 aromatic rings. The molecule has 1 fully saturated rings. The highest BCUT2D eigenvalue weighted by Gasteiger charge is 2.16. The van der Waals surface area contributed by atoms with Crippen molar-refractivity contribution in [2.45, 2.75) is 12.8 Å². The van der Waals surface area contributed by atoms with Crippen molar-refractivity contribution in [2.75, 3.05) is 38.6 Å². The molecule has 0 aliphatic carbocycles. The van der Waals surface area contributed by atoms with Crippen LogP contribution in [0.1, 0.15) is 23.2 Å². The maximum Gasteiger partial charge on any atom is 0.178 e. The third kappa shape index (κ3) is 3.64. The first kappa shape index (κ1) is 17.5. The second-order valence-corrected chi connectivity index (χ2v) is 6.68. The zero-order chi connectivity index (χ0) is 18.6. The number of aldehydes is 1. The van der Waals surface area contributed by atoms with E-state index in [9.17, 15) is 4.79 Å². The SMILES string of the molecule is COc1ccc2[nH]c(-c3nccc(NCCN4CCCC4)n3)c(C=O)c2c1. The molecule has 1 aliphatic heterocycles. The van der Waals surface area contributed by atoms with E-state index in [0.717, 1.165) is 36.1 Å². The summed E-state index contributed by atoms with van der Waals surface area (Å²) in [6.07, 6.45) is 5.13. The Kier molecular flexibility index (Phi) is 5.02. The molecular weight excluding hydrogens is 342 g/mol. The first-order valence-corrected chi connectivity index (χ1v) is 9.23. The van der Waals surface area contributed by atoms with E-state index in [1.165, 1.54) is 25.9 Å². The second kappa shape index (κ2) is 7.75. The van der Waals surface area contributed by atoms with E-state index < -0.39 is 0 Å². The Morgan fingerprint density at radius 3 is 2.93 bits per heavy atom. The van der Waals surface area contributed by atoms with Crippen LogP contribution in [0.15, 0.2) is 30.5 Å². The number of fused-ring (bicyclic) bond motifs is 1. The number of aromatic amines is 1. The van der Waals surface area contributed by atoms with Crippen molar-refractivity contribution in [2.24, 2.45) is 0 Å². The summed E-state index contributed by atoms with van der Waals surface area (Å²) in [5, 5.41) is 4.16. The summed E-state index contributed by atoms with van der Waals surface area (Å²) in [5.74, 6) is 1.96. The predicted octanol–water partition coefficient (Wildman–Crippen LogP) is 2.95. The maximum atomic E-state index is 11.7. The molecule has 3 heterocycles. The number of rotatable bonds is 7. The number of anilines is 1. The molecule has 2 aromatic heterocycles. The van der Waals surface area contributed by atoms with Crippen molar-refractivity contribution in [3.8, 4) is 17.3 Å². The molecule has 0 saturated carbocycles. The zero-order valence-corrected chi connectivity index (χ0v) is 15.4. The van der Waals surface area contributed by atoms with Gasteiger partial charge in [-0.15, -0.1) is 0 Å². The second-order valence-electron chi connectivity index (χ2n) is 6.68. The van der Waals surface area contributed by atoms with E-state index >= 15 is 0 Å². The van der Waals surface area contributed by atoms with Gasteiger partial charge in [0.2, 0.25) is 0 Å². The van der Waals surface area contributed by atoms with Crippen molar-refractivity contribution < 1.29 is 9.53 Å². The molecule has 4 rings (SSSR count). The van der Waals surface area contributed by atoms with E-state index in [0.29, 0.717) is 22.8 Å². The van der Waals surface area contributed by atoms with Crippen molar-refractivity contribution in [3.05, 3.63) is 36.0 Å². The van der Waals surface area contributed by atoms with Crippen molar-refractivity contribution in [1.82, 2.24) is 19.9 Å². The molecule has 140 valence electrons. The van der Waals surface area contributed by atoms with Crippen LogP contribution in [0.25, 0.3) is 22.4 Å². The molecule has 1 aliphatic rings. The fourth-order valence-electron chi connectivity index (χ4n) is 3.54. The first-order chi connectivity index (χ1) is 13.3. The Bertz CT molecular complexity index is 947. The average Bonchev–Trinajstić information content (AvgIpc) is 3.35. The van der Waals surface area contributed by atoms with E-state index in [-0.39, 0.29) is 0 Å². The van der Waals surface area contributed by atoms with Gasteiger partial charge < -0.3 is 19.9 Å². The molecule has 7 nitrogen and oxygen atoms in total. The number of hydrogen-bond donors (Lipinski definition) is 2. The van der Waals surface area contributed by atoms with Gasteiger partial charge in [-0.1, -0.05) is 0 Å². The van der Waals surface area contributed by atoms with Gasteiger partial charge in [-0.2, -0.15) is 0 Å². The molecule has 27 heavy (non-hydrogen) atoms. The molecule has 0 unspecified atom stereocenters. The molecular formula is C20H23N5O2. The van der Waals surface area contributed by atoms with Crippen LogP contribution in [0.4, 0.5) is 5.82 Å². The smallest absolute Gasteiger partial charge is 0.178 e. The van der Waals surface area contributed by atoms with Gasteiger partial charge in [-0.3, -0.25) is 4.79 Å². The molecule has 1 aromatic carbocycles. The summed E-state index contributed by atoms with van der Waals surface area (Å²) in [6, 6.07) is 7.44. The third-order valence-corrected chi connectivity index (χ3v) is 4.98. The van der Waals surface area contributed by atoms with Crippen LogP contribution in [0.5, 0.6) is 5.75 Å². The lowest BCUT2D eigenvalue weighted by molar-refractivity contribution is 0.112. The van der Waals surface area contributed by atoms with Crippen LogP contribution in [0.2, 0.25) is 0 Å². The van der Waals surface area contributed by atoms with Gasteiger partial charge in [0.15, 0.2) is 12.1 Å². The fourth-order valence-corrected chi connectivity index (χ4v) is 3.54. The Morgan fingerprint density at radius 1 is 1.30 bits per heavy atom. The monoisotopic (exact) mass is 365 g/mol. The van der Waals surface area contributed by atoms with Crippen LogP contribution in [-0.2, 0) is 0 Å². The highest BCUT2D eigenvalue weighted by atomic mass is 16.5. The number of carbonyl (C=O) groups excluding carboxylic acids is 1. The van der Waals surface area contributed by atoms with Gasteiger partial charge in [0, 0.05) is 30.2 Å². The molecule has 0 amide bonds. The highest BCUT2D eigenvalue weighted by Crippen LogP contribution is 2.30. The normalized spacial score (nSPS) is 14.6. The van der Waals surface area contributed by atoms with Gasteiger partial charge in [0.1, 0.15) is 11.6 Å². The minimum atomic E-state index is 0.499. The van der Waals surface area contributed by atoms with Gasteiger partial charge >= 0.3 is 0 Å². The quantitative estimate of drug-likeness (QED) is 0.627. The molecule has 0 atom stereocenters.